The van der Waals surface area contributed by atoms with E-state index in [2.05, 4.69) is 31.3 Å². The minimum absolute atomic E-state index is 0.265. The largest absolute Gasteiger partial charge is 0.394 e. The van der Waals surface area contributed by atoms with Crippen LogP contribution >= 0.6 is 0 Å². The maximum Gasteiger partial charge on any atom is 0.249 e. The lowest BCUT2D eigenvalue weighted by molar-refractivity contribution is -0.303. The van der Waals surface area contributed by atoms with Crippen molar-refractivity contribution >= 4 is 5.91 Å². The number of hydrogen-bond donors (Lipinski definition) is 8. The first-order chi connectivity index (χ1) is 44.7. The van der Waals surface area contributed by atoms with E-state index in [1.807, 2.05) is 0 Å². The summed E-state index contributed by atoms with van der Waals surface area (Å²) in [6.07, 6.45) is 76.2. The molecule has 0 aromatic rings. The van der Waals surface area contributed by atoms with Crippen LogP contribution in [-0.2, 0) is 14.3 Å². The van der Waals surface area contributed by atoms with Crippen LogP contribution in [0.2, 0.25) is 0 Å². The minimum Gasteiger partial charge on any atom is -0.394 e. The number of nitrogens with one attached hydrogen (secondary N) is 1. The number of aliphatic hydroxyl groups excluding tert-OH is 7. The van der Waals surface area contributed by atoms with Gasteiger partial charge in [0, 0.05) is 0 Å². The second-order valence-corrected chi connectivity index (χ2v) is 28.9. The number of carbonyl (C=O) groups excluding carboxylic acids is 1. The standard InChI is InChI=1S/C80H157NO10/c1-3-5-7-9-11-13-15-17-19-21-23-25-27-29-31-32-33-34-35-36-37-38-39-40-41-42-44-46-48-50-52-54-56-58-60-62-64-66-68-73(84)79(89)81-71(70-90-80-78(88)77(87)76(86)74(69-82)91-80)75(85)72(83)67-65-63-61-59-57-55-53-51-49-47-45-43-30-28-26-24-22-20-18-16-14-12-10-8-6-4-2/h36-37,71-78,80,82-88H,3-35,38-70H2,1-2H3,(H,81,89)/b37-36-. The van der Waals surface area contributed by atoms with Crippen molar-refractivity contribution in [2.75, 3.05) is 13.2 Å². The number of carbonyl (C=O) groups is 1. The second-order valence-electron chi connectivity index (χ2n) is 28.9. The Morgan fingerprint density at radius 2 is 0.637 bits per heavy atom. The number of allylic oxidation sites excluding steroid dienone is 2. The number of ether oxygens (including phenoxy) is 2. The summed E-state index contributed by atoms with van der Waals surface area (Å²) in [4.78, 5) is 13.3. The highest BCUT2D eigenvalue weighted by molar-refractivity contribution is 5.80. The SMILES string of the molecule is CCCCCCCCCCCCCCCCCCCC/C=C\CCCCCCCCCCCCCCCCCCC(O)C(=O)NC(COC1OC(CO)C(O)C(O)C1O)C(O)C(O)CCCCCCCCCCCCCCCCCCCCCCCCCCCC. The van der Waals surface area contributed by atoms with Gasteiger partial charge >= 0.3 is 0 Å². The zero-order valence-corrected chi connectivity index (χ0v) is 60.4. The smallest absolute Gasteiger partial charge is 0.249 e. The zero-order chi connectivity index (χ0) is 66.0. The summed E-state index contributed by atoms with van der Waals surface area (Å²) in [6, 6.07) is -1.17. The van der Waals surface area contributed by atoms with Crippen molar-refractivity contribution in [3.8, 4) is 0 Å². The molecule has 0 bridgehead atoms. The fourth-order valence-corrected chi connectivity index (χ4v) is 13.6. The molecular formula is C80H157NO10. The Hall–Kier alpha value is -1.15. The molecule has 91 heavy (non-hydrogen) atoms. The molecule has 9 unspecified atom stereocenters. The molecule has 1 aliphatic heterocycles. The fourth-order valence-electron chi connectivity index (χ4n) is 13.6. The van der Waals surface area contributed by atoms with Gasteiger partial charge in [0.25, 0.3) is 0 Å². The molecule has 0 spiro atoms. The van der Waals surface area contributed by atoms with Gasteiger partial charge in [-0.05, 0) is 38.5 Å². The highest BCUT2D eigenvalue weighted by Crippen LogP contribution is 2.25. The van der Waals surface area contributed by atoms with Crippen LogP contribution in [0.4, 0.5) is 0 Å². The lowest BCUT2D eigenvalue weighted by atomic mass is 9.98. The van der Waals surface area contributed by atoms with Gasteiger partial charge < -0.3 is 50.5 Å². The molecule has 1 amide bonds. The van der Waals surface area contributed by atoms with Crippen molar-refractivity contribution in [2.24, 2.45) is 0 Å². The lowest BCUT2D eigenvalue weighted by Gasteiger charge is -2.40. The molecule has 11 heteroatoms. The molecule has 8 N–H and O–H groups in total. The molecule has 1 rings (SSSR count). The van der Waals surface area contributed by atoms with Crippen molar-refractivity contribution in [3.63, 3.8) is 0 Å². The fraction of sp³-hybridized carbons (Fsp3) is 0.963. The monoisotopic (exact) mass is 1290 g/mol. The van der Waals surface area contributed by atoms with Gasteiger partial charge in [-0.3, -0.25) is 4.79 Å². The number of hydrogen-bond acceptors (Lipinski definition) is 10. The first-order valence-electron chi connectivity index (χ1n) is 40.6. The van der Waals surface area contributed by atoms with Crippen LogP contribution in [0.25, 0.3) is 0 Å². The number of aliphatic hydroxyl groups is 7. The molecule has 1 aliphatic rings. The molecule has 1 heterocycles. The summed E-state index contributed by atoms with van der Waals surface area (Å²) in [5.74, 6) is -0.687. The normalized spacial score (nSPS) is 18.4. The Kier molecular flexibility index (Phi) is 66.4. The van der Waals surface area contributed by atoms with Gasteiger partial charge in [0.05, 0.1) is 25.4 Å². The van der Waals surface area contributed by atoms with E-state index in [1.54, 1.807) is 0 Å². The second kappa shape index (κ2) is 68.8. The predicted octanol–water partition coefficient (Wildman–Crippen LogP) is 20.9. The number of unbranched alkanes of at least 4 members (excludes halogenated alkanes) is 59. The van der Waals surface area contributed by atoms with E-state index < -0.39 is 74.2 Å². The average molecular weight is 1290 g/mol. The Bertz CT molecular complexity index is 1490. The van der Waals surface area contributed by atoms with E-state index in [-0.39, 0.29) is 6.42 Å². The van der Waals surface area contributed by atoms with E-state index >= 15 is 0 Å². The van der Waals surface area contributed by atoms with Gasteiger partial charge in [0.1, 0.15) is 36.6 Å². The molecule has 9 atom stereocenters. The van der Waals surface area contributed by atoms with E-state index in [1.165, 1.54) is 347 Å². The van der Waals surface area contributed by atoms with Crippen molar-refractivity contribution in [2.45, 2.75) is 480 Å². The van der Waals surface area contributed by atoms with Crippen LogP contribution in [0.3, 0.4) is 0 Å². The van der Waals surface area contributed by atoms with E-state index in [9.17, 15) is 40.5 Å². The molecule has 1 fully saturated rings. The summed E-state index contributed by atoms with van der Waals surface area (Å²) in [5.41, 5.74) is 0. The Morgan fingerprint density at radius 1 is 0.374 bits per heavy atom. The Balaban J connectivity index is 2.10. The summed E-state index contributed by atoms with van der Waals surface area (Å²) < 4.78 is 11.2. The van der Waals surface area contributed by atoms with Gasteiger partial charge in [0.2, 0.25) is 5.91 Å². The van der Waals surface area contributed by atoms with Crippen molar-refractivity contribution in [1.29, 1.82) is 0 Å². The van der Waals surface area contributed by atoms with Gasteiger partial charge in [-0.15, -0.1) is 0 Å². The van der Waals surface area contributed by atoms with E-state index in [0.29, 0.717) is 19.3 Å². The summed E-state index contributed by atoms with van der Waals surface area (Å²) >= 11 is 0. The van der Waals surface area contributed by atoms with Gasteiger partial charge in [-0.25, -0.2) is 0 Å². The van der Waals surface area contributed by atoms with Gasteiger partial charge in [-0.1, -0.05) is 398 Å². The number of rotatable bonds is 73. The average Bonchev–Trinajstić information content (AvgIpc) is 1.21. The lowest BCUT2D eigenvalue weighted by Crippen LogP contribution is -2.60. The number of amides is 1. The Morgan fingerprint density at radius 3 is 0.923 bits per heavy atom. The van der Waals surface area contributed by atoms with Crippen molar-refractivity contribution in [1.82, 2.24) is 5.32 Å². The quantitative estimate of drug-likeness (QED) is 0.0215. The third kappa shape index (κ3) is 55.5. The molecule has 0 saturated carbocycles. The molecule has 0 radical (unpaired) electrons. The maximum absolute atomic E-state index is 13.3. The summed E-state index contributed by atoms with van der Waals surface area (Å²) in [6.45, 7) is 3.54. The van der Waals surface area contributed by atoms with Crippen molar-refractivity contribution < 1.29 is 50.0 Å². The third-order valence-electron chi connectivity index (χ3n) is 20.1. The van der Waals surface area contributed by atoms with Crippen LogP contribution in [0.1, 0.15) is 425 Å². The van der Waals surface area contributed by atoms with Crippen LogP contribution in [0.15, 0.2) is 12.2 Å². The van der Waals surface area contributed by atoms with Crippen LogP contribution in [-0.4, -0.2) is 110 Å². The van der Waals surface area contributed by atoms with Gasteiger partial charge in [0.15, 0.2) is 6.29 Å². The zero-order valence-electron chi connectivity index (χ0n) is 60.4. The molecule has 11 nitrogen and oxygen atoms in total. The van der Waals surface area contributed by atoms with Gasteiger partial charge in [-0.2, -0.15) is 0 Å². The van der Waals surface area contributed by atoms with E-state index in [4.69, 9.17) is 9.47 Å². The molecule has 0 aliphatic carbocycles. The highest BCUT2D eigenvalue weighted by atomic mass is 16.7. The molecule has 1 saturated heterocycles. The first-order valence-corrected chi connectivity index (χ1v) is 40.6. The van der Waals surface area contributed by atoms with Crippen LogP contribution in [0.5, 0.6) is 0 Å². The molecular weight excluding hydrogens is 1130 g/mol. The minimum atomic E-state index is -1.66. The summed E-state index contributed by atoms with van der Waals surface area (Å²) in [7, 11) is 0. The van der Waals surface area contributed by atoms with E-state index in [0.717, 1.165) is 38.5 Å². The molecule has 542 valence electrons. The van der Waals surface area contributed by atoms with Crippen molar-refractivity contribution in [3.05, 3.63) is 12.2 Å². The maximum atomic E-state index is 13.3. The molecule has 0 aromatic heterocycles. The molecule has 0 aromatic carbocycles. The third-order valence-corrected chi connectivity index (χ3v) is 20.1. The highest BCUT2D eigenvalue weighted by Gasteiger charge is 2.44. The Labute approximate surface area is 563 Å². The topological polar surface area (TPSA) is 189 Å². The summed E-state index contributed by atoms with van der Waals surface area (Å²) in [5, 5.41) is 76.8. The van der Waals surface area contributed by atoms with Crippen LogP contribution < -0.4 is 5.32 Å². The van der Waals surface area contributed by atoms with Crippen LogP contribution in [0, 0.1) is 0 Å². The first kappa shape index (κ1) is 87.9. The predicted molar refractivity (Wildman–Crippen MR) is 386 cm³/mol.